The Hall–Kier alpha value is -3.51. The third-order valence-corrected chi connectivity index (χ3v) is 5.73. The number of hydrogen-bond acceptors (Lipinski definition) is 6. The summed E-state index contributed by atoms with van der Waals surface area (Å²) in [6.45, 7) is 2.99. The van der Waals surface area contributed by atoms with E-state index in [-0.39, 0.29) is 6.02 Å². The molecule has 166 valence electrons. The first-order valence-electron chi connectivity index (χ1n) is 10.6. The standard InChI is InChI=1S/C26H29N3O3/c1-18-13-20(9-10-24(18)31-3)26(17-32-25(27)29-26)21-14-19(11-12-30-2)15-23(16-21)28-22-7-5-4-6-8-22/h4-10,13-16,28H,11-12,17H2,1-3H3,(H2,27,29)/t26-/m0/s1. The smallest absolute Gasteiger partial charge is 0.283 e. The summed E-state index contributed by atoms with van der Waals surface area (Å²) in [5.41, 5.74) is 11.5. The van der Waals surface area contributed by atoms with Gasteiger partial charge in [0.05, 0.1) is 13.7 Å². The van der Waals surface area contributed by atoms with Gasteiger partial charge >= 0.3 is 0 Å². The molecule has 1 atom stereocenters. The van der Waals surface area contributed by atoms with Gasteiger partial charge in [0.1, 0.15) is 12.4 Å². The number of nitrogens with one attached hydrogen (secondary N) is 1. The zero-order valence-electron chi connectivity index (χ0n) is 18.7. The Bertz CT molecular complexity index is 1110. The van der Waals surface area contributed by atoms with Crippen molar-refractivity contribution >= 4 is 17.4 Å². The molecule has 0 bridgehead atoms. The number of nitrogens with zero attached hydrogens (tertiary/aromatic N) is 1. The van der Waals surface area contributed by atoms with E-state index in [1.54, 1.807) is 14.2 Å². The number of nitrogens with two attached hydrogens (primary N) is 1. The first-order chi connectivity index (χ1) is 15.5. The quantitative estimate of drug-likeness (QED) is 0.548. The maximum Gasteiger partial charge on any atom is 0.283 e. The van der Waals surface area contributed by atoms with Crippen LogP contribution in [0.25, 0.3) is 0 Å². The Morgan fingerprint density at radius 3 is 2.47 bits per heavy atom. The number of ether oxygens (including phenoxy) is 3. The Morgan fingerprint density at radius 2 is 1.81 bits per heavy atom. The van der Waals surface area contributed by atoms with Crippen molar-refractivity contribution < 1.29 is 14.2 Å². The third kappa shape index (κ3) is 4.41. The van der Waals surface area contributed by atoms with Gasteiger partial charge in [-0.25, -0.2) is 4.99 Å². The molecule has 0 saturated heterocycles. The lowest BCUT2D eigenvalue weighted by Crippen LogP contribution is -2.27. The second kappa shape index (κ2) is 9.32. The van der Waals surface area contributed by atoms with Gasteiger partial charge in [-0.15, -0.1) is 0 Å². The van der Waals surface area contributed by atoms with Crippen molar-refractivity contribution in [2.75, 3.05) is 32.8 Å². The predicted molar refractivity (Wildman–Crippen MR) is 128 cm³/mol. The van der Waals surface area contributed by atoms with E-state index in [0.717, 1.165) is 45.8 Å². The number of hydrogen-bond donors (Lipinski definition) is 2. The van der Waals surface area contributed by atoms with Crippen molar-refractivity contribution in [1.29, 1.82) is 0 Å². The van der Waals surface area contributed by atoms with E-state index in [2.05, 4.69) is 29.6 Å². The maximum absolute atomic E-state index is 6.03. The van der Waals surface area contributed by atoms with E-state index in [1.807, 2.05) is 49.4 Å². The van der Waals surface area contributed by atoms with Crippen LogP contribution in [0.15, 0.2) is 71.7 Å². The fourth-order valence-corrected chi connectivity index (χ4v) is 4.08. The first-order valence-corrected chi connectivity index (χ1v) is 10.6. The minimum Gasteiger partial charge on any atom is -0.496 e. The normalized spacial score (nSPS) is 17.5. The summed E-state index contributed by atoms with van der Waals surface area (Å²) in [5.74, 6) is 0.833. The molecule has 32 heavy (non-hydrogen) atoms. The lowest BCUT2D eigenvalue weighted by atomic mass is 9.82. The molecule has 0 unspecified atom stereocenters. The van der Waals surface area contributed by atoms with Gasteiger partial charge in [-0.1, -0.05) is 30.3 Å². The Balaban J connectivity index is 1.83. The Morgan fingerprint density at radius 1 is 1.00 bits per heavy atom. The molecule has 0 saturated carbocycles. The van der Waals surface area contributed by atoms with Crippen LogP contribution in [0.4, 0.5) is 11.4 Å². The number of rotatable bonds is 8. The highest BCUT2D eigenvalue weighted by atomic mass is 16.5. The highest BCUT2D eigenvalue weighted by molar-refractivity contribution is 5.76. The van der Waals surface area contributed by atoms with Crippen LogP contribution < -0.4 is 15.8 Å². The fraction of sp³-hybridized carbons (Fsp3) is 0.269. The zero-order valence-corrected chi connectivity index (χ0v) is 18.7. The number of anilines is 2. The molecule has 0 fully saturated rings. The number of benzene rings is 3. The second-order valence-electron chi connectivity index (χ2n) is 7.94. The van der Waals surface area contributed by atoms with Crippen molar-refractivity contribution in [3.63, 3.8) is 0 Å². The van der Waals surface area contributed by atoms with E-state index in [4.69, 9.17) is 24.9 Å². The average molecular weight is 432 g/mol. The van der Waals surface area contributed by atoms with E-state index in [9.17, 15) is 0 Å². The average Bonchev–Trinajstić information content (AvgIpc) is 3.21. The topological polar surface area (TPSA) is 78.1 Å². The van der Waals surface area contributed by atoms with E-state index in [0.29, 0.717) is 13.2 Å². The van der Waals surface area contributed by atoms with Gasteiger partial charge in [-0.05, 0) is 72.0 Å². The number of para-hydroxylation sites is 1. The van der Waals surface area contributed by atoms with Crippen LogP contribution >= 0.6 is 0 Å². The van der Waals surface area contributed by atoms with Crippen molar-refractivity contribution in [2.24, 2.45) is 10.7 Å². The molecule has 6 nitrogen and oxygen atoms in total. The van der Waals surface area contributed by atoms with Crippen molar-refractivity contribution in [3.8, 4) is 5.75 Å². The summed E-state index contributed by atoms with van der Waals surface area (Å²) in [5, 5.41) is 3.51. The van der Waals surface area contributed by atoms with Gasteiger partial charge in [0.15, 0.2) is 5.54 Å². The van der Waals surface area contributed by atoms with Crippen LogP contribution in [0.1, 0.15) is 22.3 Å². The monoisotopic (exact) mass is 431 g/mol. The van der Waals surface area contributed by atoms with Crippen LogP contribution in [-0.2, 0) is 21.4 Å². The summed E-state index contributed by atoms with van der Waals surface area (Å²) in [4.78, 5) is 4.80. The first kappa shape index (κ1) is 21.7. The summed E-state index contributed by atoms with van der Waals surface area (Å²) in [7, 11) is 3.39. The minimum absolute atomic E-state index is 0.193. The van der Waals surface area contributed by atoms with Crippen LogP contribution in [0.3, 0.4) is 0 Å². The highest BCUT2D eigenvalue weighted by Gasteiger charge is 2.40. The summed E-state index contributed by atoms with van der Waals surface area (Å²) >= 11 is 0. The molecule has 4 rings (SSSR count). The molecular weight excluding hydrogens is 402 g/mol. The van der Waals surface area contributed by atoms with Crippen molar-refractivity contribution in [2.45, 2.75) is 18.9 Å². The van der Waals surface area contributed by atoms with Gasteiger partial charge < -0.3 is 25.3 Å². The zero-order chi connectivity index (χ0) is 22.6. The fourth-order valence-electron chi connectivity index (χ4n) is 4.08. The molecule has 0 aromatic heterocycles. The van der Waals surface area contributed by atoms with Crippen LogP contribution in [0.5, 0.6) is 5.75 Å². The Labute approximate surface area is 189 Å². The number of methoxy groups -OCH3 is 2. The third-order valence-electron chi connectivity index (χ3n) is 5.73. The number of amidine groups is 1. The van der Waals surface area contributed by atoms with E-state index in [1.165, 1.54) is 0 Å². The maximum atomic E-state index is 6.03. The number of aryl methyl sites for hydroxylation is 1. The molecular formula is C26H29N3O3. The van der Waals surface area contributed by atoms with Crippen LogP contribution in [0.2, 0.25) is 0 Å². The van der Waals surface area contributed by atoms with Gasteiger partial charge in [0.25, 0.3) is 6.02 Å². The van der Waals surface area contributed by atoms with Crippen molar-refractivity contribution in [1.82, 2.24) is 0 Å². The molecule has 0 spiro atoms. The molecule has 1 aliphatic rings. The molecule has 0 aliphatic carbocycles. The SMILES string of the molecule is COCCc1cc(Nc2ccccc2)cc([C@@]2(c3ccc(OC)c(C)c3)COC(N)=N2)c1. The molecule has 1 heterocycles. The predicted octanol–water partition coefficient (Wildman–Crippen LogP) is 4.52. The van der Waals surface area contributed by atoms with Crippen LogP contribution in [-0.4, -0.2) is 33.5 Å². The molecule has 3 aromatic rings. The highest BCUT2D eigenvalue weighted by Crippen LogP contribution is 2.40. The van der Waals surface area contributed by atoms with Gasteiger partial charge in [-0.3, -0.25) is 0 Å². The largest absolute Gasteiger partial charge is 0.496 e. The van der Waals surface area contributed by atoms with E-state index < -0.39 is 5.54 Å². The molecule has 6 heteroatoms. The summed E-state index contributed by atoms with van der Waals surface area (Å²) < 4.78 is 16.5. The van der Waals surface area contributed by atoms with Gasteiger partial charge in [0.2, 0.25) is 0 Å². The minimum atomic E-state index is -0.739. The lowest BCUT2D eigenvalue weighted by molar-refractivity contribution is 0.202. The molecule has 0 radical (unpaired) electrons. The number of aliphatic imine (C=N–C) groups is 1. The van der Waals surface area contributed by atoms with E-state index >= 15 is 0 Å². The summed E-state index contributed by atoms with van der Waals surface area (Å²) in [6.07, 6.45) is 0.783. The van der Waals surface area contributed by atoms with Crippen molar-refractivity contribution in [3.05, 3.63) is 89.0 Å². The molecule has 3 N–H and O–H groups in total. The second-order valence-corrected chi connectivity index (χ2v) is 7.94. The molecule has 1 aliphatic heterocycles. The van der Waals surface area contributed by atoms with Gasteiger partial charge in [0, 0.05) is 18.5 Å². The van der Waals surface area contributed by atoms with Gasteiger partial charge in [-0.2, -0.15) is 0 Å². The Kier molecular flexibility index (Phi) is 6.32. The molecule has 3 aromatic carbocycles. The molecule has 0 amide bonds. The summed E-state index contributed by atoms with van der Waals surface area (Å²) in [6, 6.07) is 22.8. The van der Waals surface area contributed by atoms with Crippen LogP contribution in [0, 0.1) is 6.92 Å². The lowest BCUT2D eigenvalue weighted by Gasteiger charge is -2.27.